The monoisotopic (exact) mass is 338 g/mol. The fourth-order valence-electron chi connectivity index (χ4n) is 2.23. The van der Waals surface area contributed by atoms with E-state index in [2.05, 4.69) is 10.2 Å². The van der Waals surface area contributed by atoms with Crippen molar-refractivity contribution >= 4 is 11.7 Å². The Kier molecular flexibility index (Phi) is 6.89. The molecule has 2 aromatic rings. The van der Waals surface area contributed by atoms with Crippen LogP contribution in [0.4, 0.5) is 5.69 Å². The molecule has 0 heterocycles. The number of esters is 1. The van der Waals surface area contributed by atoms with E-state index in [9.17, 15) is 9.90 Å². The van der Waals surface area contributed by atoms with Crippen molar-refractivity contribution in [3.05, 3.63) is 66.1 Å². The third-order valence-corrected chi connectivity index (χ3v) is 3.47. The Balaban J connectivity index is 2.20. The van der Waals surface area contributed by atoms with Crippen molar-refractivity contribution in [3.63, 3.8) is 0 Å². The van der Waals surface area contributed by atoms with Gasteiger partial charge in [-0.3, -0.25) is 0 Å². The molecule has 2 aromatic carbocycles. The molecule has 0 unspecified atom stereocenters. The fraction of sp³-hybridized carbons (Fsp3) is 0.250. The van der Waals surface area contributed by atoms with Crippen LogP contribution in [0.5, 0.6) is 0 Å². The predicted molar refractivity (Wildman–Crippen MR) is 97.6 cm³/mol. The zero-order valence-electron chi connectivity index (χ0n) is 14.5. The van der Waals surface area contributed by atoms with Crippen LogP contribution in [-0.4, -0.2) is 17.7 Å². The number of carbonyl (C=O) groups excluding carboxylic acids is 1. The third-order valence-electron chi connectivity index (χ3n) is 3.47. The van der Waals surface area contributed by atoms with E-state index in [0.717, 1.165) is 11.1 Å². The van der Waals surface area contributed by atoms with Crippen LogP contribution < -0.4 is 0 Å². The van der Waals surface area contributed by atoms with E-state index in [-0.39, 0.29) is 18.1 Å². The lowest BCUT2D eigenvalue weighted by molar-refractivity contribution is -0.138. The van der Waals surface area contributed by atoms with Gasteiger partial charge in [-0.05, 0) is 36.6 Å². The van der Waals surface area contributed by atoms with Gasteiger partial charge in [0, 0.05) is 6.42 Å². The number of hydrogen-bond acceptors (Lipinski definition) is 5. The summed E-state index contributed by atoms with van der Waals surface area (Å²) in [6.07, 6.45) is 1.04. The lowest BCUT2D eigenvalue weighted by Crippen LogP contribution is -2.08. The first-order valence-corrected chi connectivity index (χ1v) is 8.32. The normalized spacial score (nSPS) is 12.1. The first-order valence-electron chi connectivity index (χ1n) is 8.32. The van der Waals surface area contributed by atoms with Gasteiger partial charge in [0.2, 0.25) is 5.70 Å². The molecule has 0 aromatic heterocycles. The Labute approximate surface area is 147 Å². The van der Waals surface area contributed by atoms with Crippen molar-refractivity contribution in [2.24, 2.45) is 10.2 Å². The SMILES string of the molecule is CCC/C(O)=C(/N=Nc1ccc(-c2ccccc2)cc1)C(=O)OCC. The first kappa shape index (κ1) is 18.4. The van der Waals surface area contributed by atoms with Gasteiger partial charge >= 0.3 is 5.97 Å². The van der Waals surface area contributed by atoms with Gasteiger partial charge in [0.25, 0.3) is 0 Å². The van der Waals surface area contributed by atoms with E-state index in [0.29, 0.717) is 18.5 Å². The maximum atomic E-state index is 11.9. The molecule has 1 N–H and O–H groups in total. The van der Waals surface area contributed by atoms with Crippen LogP contribution in [0.2, 0.25) is 0 Å². The largest absolute Gasteiger partial charge is 0.510 e. The van der Waals surface area contributed by atoms with Crippen LogP contribution in [0, 0.1) is 0 Å². The minimum absolute atomic E-state index is 0.106. The summed E-state index contributed by atoms with van der Waals surface area (Å²) >= 11 is 0. The number of allylic oxidation sites excluding steroid dienone is 1. The molecule has 0 radical (unpaired) electrons. The predicted octanol–water partition coefficient (Wildman–Crippen LogP) is 5.57. The molecular formula is C20H22N2O3. The lowest BCUT2D eigenvalue weighted by atomic mass is 10.1. The summed E-state index contributed by atoms with van der Waals surface area (Å²) in [6.45, 7) is 3.81. The van der Waals surface area contributed by atoms with Crippen molar-refractivity contribution in [3.8, 4) is 11.1 Å². The summed E-state index contributed by atoms with van der Waals surface area (Å²) < 4.78 is 4.93. The molecule has 5 heteroatoms. The van der Waals surface area contributed by atoms with Gasteiger partial charge in [-0.25, -0.2) is 4.79 Å². The second-order valence-corrected chi connectivity index (χ2v) is 5.38. The van der Waals surface area contributed by atoms with Gasteiger partial charge in [-0.2, -0.15) is 5.11 Å². The molecule has 25 heavy (non-hydrogen) atoms. The molecule has 0 aliphatic heterocycles. The molecule has 0 saturated heterocycles. The van der Waals surface area contributed by atoms with E-state index >= 15 is 0 Å². The van der Waals surface area contributed by atoms with Crippen molar-refractivity contribution in [2.75, 3.05) is 6.61 Å². The van der Waals surface area contributed by atoms with Crippen molar-refractivity contribution in [1.29, 1.82) is 0 Å². The van der Waals surface area contributed by atoms with E-state index in [4.69, 9.17) is 4.74 Å². The number of aliphatic hydroxyl groups excluding tert-OH is 1. The van der Waals surface area contributed by atoms with Crippen molar-refractivity contribution < 1.29 is 14.6 Å². The van der Waals surface area contributed by atoms with E-state index < -0.39 is 5.97 Å². The number of azo groups is 1. The average Bonchev–Trinajstić information content (AvgIpc) is 2.63. The van der Waals surface area contributed by atoms with Crippen LogP contribution in [-0.2, 0) is 9.53 Å². The summed E-state index contributed by atoms with van der Waals surface area (Å²) in [5.74, 6) is -0.774. The van der Waals surface area contributed by atoms with Gasteiger partial charge in [-0.1, -0.05) is 49.4 Å². The second-order valence-electron chi connectivity index (χ2n) is 5.38. The first-order chi connectivity index (χ1) is 12.2. The van der Waals surface area contributed by atoms with Crippen LogP contribution in [0.25, 0.3) is 11.1 Å². The van der Waals surface area contributed by atoms with E-state index in [1.54, 1.807) is 6.92 Å². The Morgan fingerprint density at radius 2 is 1.64 bits per heavy atom. The highest BCUT2D eigenvalue weighted by Gasteiger charge is 2.16. The number of nitrogens with zero attached hydrogens (tertiary/aromatic N) is 2. The highest BCUT2D eigenvalue weighted by atomic mass is 16.5. The maximum Gasteiger partial charge on any atom is 0.362 e. The summed E-state index contributed by atoms with van der Waals surface area (Å²) in [5.41, 5.74) is 2.62. The summed E-state index contributed by atoms with van der Waals surface area (Å²) in [7, 11) is 0. The second kappa shape index (κ2) is 9.37. The molecule has 0 saturated carbocycles. The van der Waals surface area contributed by atoms with E-state index in [1.165, 1.54) is 0 Å². The summed E-state index contributed by atoms with van der Waals surface area (Å²) in [6, 6.07) is 17.5. The average molecular weight is 338 g/mol. The zero-order chi connectivity index (χ0) is 18.1. The van der Waals surface area contributed by atoms with Crippen molar-refractivity contribution in [2.45, 2.75) is 26.7 Å². The molecule has 0 atom stereocenters. The quantitative estimate of drug-likeness (QED) is 0.310. The van der Waals surface area contributed by atoms with Crippen LogP contribution >= 0.6 is 0 Å². The summed E-state index contributed by atoms with van der Waals surface area (Å²) in [4.78, 5) is 11.9. The number of ether oxygens (including phenoxy) is 1. The Morgan fingerprint density at radius 3 is 2.24 bits per heavy atom. The molecule has 0 aliphatic carbocycles. The van der Waals surface area contributed by atoms with Gasteiger partial charge in [-0.15, -0.1) is 5.11 Å². The standard InChI is InChI=1S/C20H22N2O3/c1-3-8-18(23)19(20(24)25-4-2)22-21-17-13-11-16(12-14-17)15-9-6-5-7-10-15/h5-7,9-14,23H,3-4,8H2,1-2H3/b19-18-,22-21?. The third kappa shape index (κ3) is 5.28. The number of carbonyl (C=O) groups is 1. The minimum atomic E-state index is -0.668. The molecule has 2 rings (SSSR count). The molecule has 0 aliphatic rings. The Bertz CT molecular complexity index is 750. The van der Waals surface area contributed by atoms with Gasteiger partial charge in [0.1, 0.15) is 5.76 Å². The molecule has 0 amide bonds. The molecular weight excluding hydrogens is 316 g/mol. The smallest absolute Gasteiger partial charge is 0.362 e. The van der Waals surface area contributed by atoms with Gasteiger partial charge < -0.3 is 9.84 Å². The Morgan fingerprint density at radius 1 is 1.00 bits per heavy atom. The number of aliphatic hydroxyl groups is 1. The fourth-order valence-corrected chi connectivity index (χ4v) is 2.23. The topological polar surface area (TPSA) is 71.2 Å². The number of hydrogen-bond donors (Lipinski definition) is 1. The number of rotatable bonds is 7. The molecule has 130 valence electrons. The minimum Gasteiger partial charge on any atom is -0.510 e. The van der Waals surface area contributed by atoms with E-state index in [1.807, 2.05) is 61.5 Å². The summed E-state index contributed by atoms with van der Waals surface area (Å²) in [5, 5.41) is 18.0. The van der Waals surface area contributed by atoms with Crippen LogP contribution in [0.1, 0.15) is 26.7 Å². The molecule has 0 spiro atoms. The molecule has 0 bridgehead atoms. The van der Waals surface area contributed by atoms with Gasteiger partial charge in [0.15, 0.2) is 0 Å². The van der Waals surface area contributed by atoms with Crippen LogP contribution in [0.3, 0.4) is 0 Å². The molecule has 0 fully saturated rings. The van der Waals surface area contributed by atoms with Crippen molar-refractivity contribution in [1.82, 2.24) is 0 Å². The lowest BCUT2D eigenvalue weighted by Gasteiger charge is -2.05. The highest BCUT2D eigenvalue weighted by Crippen LogP contribution is 2.23. The number of benzene rings is 2. The maximum absolute atomic E-state index is 11.9. The zero-order valence-corrected chi connectivity index (χ0v) is 14.5. The van der Waals surface area contributed by atoms with Crippen LogP contribution in [0.15, 0.2) is 76.3 Å². The Hall–Kier alpha value is -2.95. The molecule has 5 nitrogen and oxygen atoms in total. The van der Waals surface area contributed by atoms with Gasteiger partial charge in [0.05, 0.1) is 12.3 Å². The highest BCUT2D eigenvalue weighted by molar-refractivity contribution is 5.88.